The van der Waals surface area contributed by atoms with Crippen molar-refractivity contribution >= 4 is 104 Å². The van der Waals surface area contributed by atoms with Gasteiger partial charge in [-0.3, -0.25) is 4.57 Å². The average molecular weight is 675 g/mol. The molecule has 0 N–H and O–H groups in total. The topological polar surface area (TPSA) is 48.3 Å². The molecular weight excluding hydrogens is 649 g/mol. The summed E-state index contributed by atoms with van der Waals surface area (Å²) in [5.74, 6) is 0.616. The summed E-state index contributed by atoms with van der Waals surface area (Å²) >= 11 is 0. The molecule has 5 nitrogen and oxygen atoms in total. The van der Waals surface area contributed by atoms with Crippen LogP contribution in [-0.2, 0) is 0 Å². The Morgan fingerprint density at radius 1 is 0.434 bits per heavy atom. The monoisotopic (exact) mass is 674 g/mol. The van der Waals surface area contributed by atoms with E-state index in [-0.39, 0.29) is 0 Å². The van der Waals surface area contributed by atoms with Crippen molar-refractivity contribution in [2.75, 3.05) is 0 Å². The second kappa shape index (κ2) is 9.75. The molecule has 0 aliphatic heterocycles. The molecule has 0 saturated carbocycles. The summed E-state index contributed by atoms with van der Waals surface area (Å²) in [7, 11) is 0. The quantitative estimate of drug-likeness (QED) is 0.183. The number of benzene rings is 8. The van der Waals surface area contributed by atoms with Gasteiger partial charge in [0.1, 0.15) is 16.8 Å². The van der Waals surface area contributed by atoms with Gasteiger partial charge in [-0.2, -0.15) is 0 Å². The lowest BCUT2D eigenvalue weighted by Gasteiger charge is -2.11. The van der Waals surface area contributed by atoms with Crippen LogP contribution in [0.4, 0.5) is 0 Å². The molecule has 0 spiro atoms. The maximum Gasteiger partial charge on any atom is 0.236 e. The van der Waals surface area contributed by atoms with Crippen LogP contribution in [0, 0.1) is 0 Å². The van der Waals surface area contributed by atoms with Crippen molar-refractivity contribution in [3.8, 4) is 17.2 Å². The molecule has 0 saturated heterocycles. The summed E-state index contributed by atoms with van der Waals surface area (Å²) in [6, 6.07) is 56.3. The van der Waals surface area contributed by atoms with Gasteiger partial charge in [0.2, 0.25) is 5.95 Å². The Morgan fingerprint density at radius 3 is 1.98 bits per heavy atom. The number of furan rings is 1. The lowest BCUT2D eigenvalue weighted by Crippen LogP contribution is -2.03. The molecule has 0 fully saturated rings. The maximum atomic E-state index is 6.61. The molecule has 0 aliphatic carbocycles. The van der Waals surface area contributed by atoms with Crippen LogP contribution in [0.5, 0.6) is 0 Å². The first-order valence-corrected chi connectivity index (χ1v) is 18.0. The van der Waals surface area contributed by atoms with Gasteiger partial charge >= 0.3 is 0 Å². The van der Waals surface area contributed by atoms with Gasteiger partial charge in [-0.25, -0.2) is 9.97 Å². The number of para-hydroxylation sites is 3. The Hall–Kier alpha value is -7.24. The number of hydrogen-bond donors (Lipinski definition) is 0. The van der Waals surface area contributed by atoms with Gasteiger partial charge in [-0.1, -0.05) is 121 Å². The van der Waals surface area contributed by atoms with Gasteiger partial charge in [0.15, 0.2) is 5.58 Å². The van der Waals surface area contributed by atoms with Crippen LogP contribution in [-0.4, -0.2) is 18.9 Å². The van der Waals surface area contributed by atoms with E-state index in [1.54, 1.807) is 0 Å². The van der Waals surface area contributed by atoms with E-state index in [1.165, 1.54) is 59.6 Å². The highest BCUT2D eigenvalue weighted by atomic mass is 16.3. The van der Waals surface area contributed by atoms with Gasteiger partial charge in [0.05, 0.1) is 27.6 Å². The summed E-state index contributed by atoms with van der Waals surface area (Å²) in [4.78, 5) is 11.0. The molecule has 5 heterocycles. The number of hydrogen-bond acceptors (Lipinski definition) is 3. The standard InChI is InChI=1S/C48H26N4O/c1-2-13-29-25-30(22-21-27(29)11-1)43-47-44(34-17-7-10-20-40(34)53-47)50-48(49-43)52-39-26-36-32-15-5-8-18-37(32)51-38-19-9-6-16-33(38)42(46(36)51)41(39)35-24-23-28-12-3-4-14-31(28)45(35)52/h1-26H. The molecular formula is C48H26N4O. The fourth-order valence-corrected chi connectivity index (χ4v) is 9.19. The van der Waals surface area contributed by atoms with Crippen molar-refractivity contribution in [2.24, 2.45) is 0 Å². The molecule has 0 bridgehead atoms. The van der Waals surface area contributed by atoms with Gasteiger partial charge in [-0.05, 0) is 52.6 Å². The van der Waals surface area contributed by atoms with Crippen LogP contribution >= 0.6 is 0 Å². The third-order valence-electron chi connectivity index (χ3n) is 11.4. The van der Waals surface area contributed by atoms with E-state index in [1.807, 2.05) is 12.1 Å². The van der Waals surface area contributed by atoms with Crippen molar-refractivity contribution in [3.05, 3.63) is 158 Å². The van der Waals surface area contributed by atoms with E-state index >= 15 is 0 Å². The first-order chi connectivity index (χ1) is 26.3. The fourth-order valence-electron chi connectivity index (χ4n) is 9.19. The summed E-state index contributed by atoms with van der Waals surface area (Å²) in [5.41, 5.74) is 9.89. The normalized spacial score (nSPS) is 12.5. The highest BCUT2D eigenvalue weighted by molar-refractivity contribution is 6.37. The largest absolute Gasteiger partial charge is 0.452 e. The van der Waals surface area contributed by atoms with Crippen LogP contribution in [0.15, 0.2) is 162 Å². The molecule has 8 aromatic carbocycles. The predicted octanol–water partition coefficient (Wildman–Crippen LogP) is 12.6. The fraction of sp³-hybridized carbons (Fsp3) is 0. The Labute approximate surface area is 300 Å². The molecule has 0 atom stereocenters. The SMILES string of the molecule is c1ccc2cc(-c3nc(-n4c5cc6c7ccccc7n7c8ccccc8c(c5c5ccc8ccccc8c54)c67)nc4c3oc3ccccc34)ccc2c1. The maximum absolute atomic E-state index is 6.61. The second-order valence-corrected chi connectivity index (χ2v) is 14.1. The van der Waals surface area contributed by atoms with E-state index in [9.17, 15) is 0 Å². The van der Waals surface area contributed by atoms with Crippen LogP contribution in [0.25, 0.3) is 121 Å². The average Bonchev–Trinajstić information content (AvgIpc) is 3.95. The van der Waals surface area contributed by atoms with Crippen LogP contribution in [0.1, 0.15) is 0 Å². The van der Waals surface area contributed by atoms with Gasteiger partial charge < -0.3 is 8.82 Å². The lowest BCUT2D eigenvalue weighted by molar-refractivity contribution is 0.666. The molecule has 13 aromatic rings. The zero-order valence-corrected chi connectivity index (χ0v) is 28.2. The minimum Gasteiger partial charge on any atom is -0.452 e. The van der Waals surface area contributed by atoms with Crippen molar-refractivity contribution in [1.29, 1.82) is 0 Å². The van der Waals surface area contributed by atoms with E-state index in [4.69, 9.17) is 14.4 Å². The Morgan fingerprint density at radius 2 is 1.11 bits per heavy atom. The van der Waals surface area contributed by atoms with E-state index in [0.29, 0.717) is 11.5 Å². The molecule has 0 aliphatic rings. The van der Waals surface area contributed by atoms with Gasteiger partial charge in [-0.15, -0.1) is 0 Å². The zero-order valence-electron chi connectivity index (χ0n) is 28.2. The summed E-state index contributed by atoms with van der Waals surface area (Å²) in [5, 5.41) is 13.0. The van der Waals surface area contributed by atoms with Gasteiger partial charge in [0.25, 0.3) is 0 Å². The molecule has 53 heavy (non-hydrogen) atoms. The van der Waals surface area contributed by atoms with Crippen LogP contribution in [0.2, 0.25) is 0 Å². The van der Waals surface area contributed by atoms with Crippen molar-refractivity contribution in [1.82, 2.24) is 18.9 Å². The third kappa shape index (κ3) is 3.46. The molecule has 13 rings (SSSR count). The smallest absolute Gasteiger partial charge is 0.236 e. The van der Waals surface area contributed by atoms with Crippen molar-refractivity contribution in [3.63, 3.8) is 0 Å². The first-order valence-electron chi connectivity index (χ1n) is 18.0. The van der Waals surface area contributed by atoms with E-state index in [2.05, 4.69) is 155 Å². The molecule has 244 valence electrons. The van der Waals surface area contributed by atoms with Crippen molar-refractivity contribution < 1.29 is 4.42 Å². The van der Waals surface area contributed by atoms with E-state index < -0.39 is 0 Å². The lowest BCUT2D eigenvalue weighted by atomic mass is 10.0. The Balaban J connectivity index is 1.27. The van der Waals surface area contributed by atoms with Gasteiger partial charge in [0, 0.05) is 48.7 Å². The molecule has 0 radical (unpaired) electrons. The minimum atomic E-state index is 0.616. The summed E-state index contributed by atoms with van der Waals surface area (Å²) in [6.07, 6.45) is 0. The minimum absolute atomic E-state index is 0.616. The third-order valence-corrected chi connectivity index (χ3v) is 11.4. The summed E-state index contributed by atoms with van der Waals surface area (Å²) in [6.45, 7) is 0. The first kappa shape index (κ1) is 27.5. The highest BCUT2D eigenvalue weighted by Crippen LogP contribution is 2.48. The zero-order chi connectivity index (χ0) is 34.4. The molecule has 5 aromatic heterocycles. The second-order valence-electron chi connectivity index (χ2n) is 14.1. The summed E-state index contributed by atoms with van der Waals surface area (Å²) < 4.78 is 11.4. The van der Waals surface area contributed by atoms with Crippen LogP contribution < -0.4 is 0 Å². The Kier molecular flexibility index (Phi) is 5.06. The van der Waals surface area contributed by atoms with Crippen molar-refractivity contribution in [2.45, 2.75) is 0 Å². The molecule has 0 amide bonds. The number of fused-ring (bicyclic) bond motifs is 16. The van der Waals surface area contributed by atoms with Crippen LogP contribution in [0.3, 0.4) is 0 Å². The Bertz CT molecular complexity index is 3700. The van der Waals surface area contributed by atoms with E-state index in [0.717, 1.165) is 49.5 Å². The number of nitrogens with zero attached hydrogens (tertiary/aromatic N) is 4. The molecule has 0 unspecified atom stereocenters. The highest BCUT2D eigenvalue weighted by Gasteiger charge is 2.27. The molecule has 5 heteroatoms. The number of rotatable bonds is 2. The predicted molar refractivity (Wildman–Crippen MR) is 219 cm³/mol. The number of aromatic nitrogens is 4.